The first kappa shape index (κ1) is 18.5. The molecule has 0 saturated heterocycles. The Hall–Kier alpha value is -3.27. The number of rotatable bonds is 7. The number of nitrogens with one attached hydrogen (secondary N) is 1. The molecule has 0 spiro atoms. The second-order valence-corrected chi connectivity index (χ2v) is 6.38. The SMILES string of the molecule is COc1ccc([C@H](NC(=O)CN(C)c2ccccc2)c2ccccc2)cc1. The number of ether oxygens (including phenoxy) is 1. The second-order valence-electron chi connectivity index (χ2n) is 6.38. The van der Waals surface area contributed by atoms with Crippen LogP contribution in [0.4, 0.5) is 5.69 Å². The Balaban J connectivity index is 1.77. The lowest BCUT2D eigenvalue weighted by atomic mass is 9.98. The molecule has 4 nitrogen and oxygen atoms in total. The Morgan fingerprint density at radius 1 is 0.889 bits per heavy atom. The summed E-state index contributed by atoms with van der Waals surface area (Å²) >= 11 is 0. The van der Waals surface area contributed by atoms with Gasteiger partial charge in [0, 0.05) is 12.7 Å². The van der Waals surface area contributed by atoms with Gasteiger partial charge in [-0.15, -0.1) is 0 Å². The monoisotopic (exact) mass is 360 g/mol. The Bertz CT molecular complexity index is 849. The fourth-order valence-electron chi connectivity index (χ4n) is 3.00. The Morgan fingerprint density at radius 3 is 2.04 bits per heavy atom. The molecule has 0 radical (unpaired) electrons. The molecule has 4 heteroatoms. The molecule has 3 aromatic carbocycles. The highest BCUT2D eigenvalue weighted by Crippen LogP contribution is 2.24. The Labute approximate surface area is 160 Å². The molecule has 0 fully saturated rings. The van der Waals surface area contributed by atoms with Crippen LogP contribution in [0.1, 0.15) is 17.2 Å². The van der Waals surface area contributed by atoms with Crippen LogP contribution in [0.25, 0.3) is 0 Å². The van der Waals surface area contributed by atoms with Gasteiger partial charge < -0.3 is 15.0 Å². The lowest BCUT2D eigenvalue weighted by Crippen LogP contribution is -2.37. The van der Waals surface area contributed by atoms with Crippen LogP contribution in [0.5, 0.6) is 5.75 Å². The minimum absolute atomic E-state index is 0.0361. The first-order valence-corrected chi connectivity index (χ1v) is 8.92. The Kier molecular flexibility index (Phi) is 6.10. The molecule has 1 amide bonds. The molecular formula is C23H24N2O2. The van der Waals surface area contributed by atoms with E-state index in [9.17, 15) is 4.79 Å². The summed E-state index contributed by atoms with van der Waals surface area (Å²) in [7, 11) is 3.56. The minimum Gasteiger partial charge on any atom is -0.497 e. The molecule has 3 rings (SSSR count). The number of likely N-dealkylation sites (N-methyl/N-ethyl adjacent to an activating group) is 1. The molecule has 3 aromatic rings. The van der Waals surface area contributed by atoms with Crippen LogP contribution < -0.4 is 15.0 Å². The molecule has 0 aliphatic carbocycles. The van der Waals surface area contributed by atoms with Gasteiger partial charge in [0.15, 0.2) is 0 Å². The zero-order valence-corrected chi connectivity index (χ0v) is 15.6. The summed E-state index contributed by atoms with van der Waals surface area (Å²) in [5.41, 5.74) is 3.06. The van der Waals surface area contributed by atoms with Crippen LogP contribution in [0.2, 0.25) is 0 Å². The van der Waals surface area contributed by atoms with Crippen LogP contribution in [-0.2, 0) is 4.79 Å². The van der Waals surface area contributed by atoms with Crippen molar-refractivity contribution in [1.82, 2.24) is 5.32 Å². The van der Waals surface area contributed by atoms with Gasteiger partial charge >= 0.3 is 0 Å². The van der Waals surface area contributed by atoms with Gasteiger partial charge in [-0.1, -0.05) is 60.7 Å². The highest BCUT2D eigenvalue weighted by atomic mass is 16.5. The normalized spacial score (nSPS) is 11.5. The van der Waals surface area contributed by atoms with Gasteiger partial charge in [0.1, 0.15) is 5.75 Å². The third-order valence-corrected chi connectivity index (χ3v) is 4.47. The van der Waals surface area contributed by atoms with Crippen molar-refractivity contribution in [1.29, 1.82) is 0 Å². The van der Waals surface area contributed by atoms with Crippen molar-refractivity contribution in [2.24, 2.45) is 0 Å². The van der Waals surface area contributed by atoms with Gasteiger partial charge in [0.2, 0.25) is 5.91 Å². The summed E-state index contributed by atoms with van der Waals surface area (Å²) in [4.78, 5) is 14.7. The minimum atomic E-state index is -0.214. The summed E-state index contributed by atoms with van der Waals surface area (Å²) in [5.74, 6) is 0.756. The van der Waals surface area contributed by atoms with Crippen molar-refractivity contribution in [2.75, 3.05) is 25.6 Å². The summed E-state index contributed by atoms with van der Waals surface area (Å²) in [6, 6.07) is 27.4. The maximum absolute atomic E-state index is 12.7. The molecule has 0 bridgehead atoms. The number of amides is 1. The maximum atomic E-state index is 12.7. The van der Waals surface area contributed by atoms with Gasteiger partial charge in [-0.25, -0.2) is 0 Å². The predicted molar refractivity (Wildman–Crippen MR) is 109 cm³/mol. The van der Waals surface area contributed by atoms with Crippen molar-refractivity contribution in [3.05, 3.63) is 96.1 Å². The number of hydrogen-bond acceptors (Lipinski definition) is 3. The quantitative estimate of drug-likeness (QED) is 0.691. The van der Waals surface area contributed by atoms with Gasteiger partial charge in [0.05, 0.1) is 19.7 Å². The molecule has 0 aromatic heterocycles. The highest BCUT2D eigenvalue weighted by molar-refractivity contribution is 5.82. The standard InChI is InChI=1S/C23H24N2O2/c1-25(20-11-7-4-8-12-20)17-22(26)24-23(18-9-5-3-6-10-18)19-13-15-21(27-2)16-14-19/h3-16,23H,17H2,1-2H3,(H,24,26)/t23-/m1/s1. The van der Waals surface area contributed by atoms with E-state index in [1.54, 1.807) is 7.11 Å². The summed E-state index contributed by atoms with van der Waals surface area (Å²) in [5, 5.41) is 3.17. The molecule has 138 valence electrons. The molecule has 1 N–H and O–H groups in total. The maximum Gasteiger partial charge on any atom is 0.240 e. The van der Waals surface area contributed by atoms with E-state index in [0.717, 1.165) is 22.6 Å². The number of anilines is 1. The van der Waals surface area contributed by atoms with E-state index in [4.69, 9.17) is 4.74 Å². The molecule has 1 atom stereocenters. The van der Waals surface area contributed by atoms with Gasteiger partial charge in [-0.3, -0.25) is 4.79 Å². The van der Waals surface area contributed by atoms with Gasteiger partial charge in [-0.05, 0) is 35.4 Å². The molecule has 27 heavy (non-hydrogen) atoms. The van der Waals surface area contributed by atoms with E-state index in [1.165, 1.54) is 0 Å². The zero-order valence-electron chi connectivity index (χ0n) is 15.6. The van der Waals surface area contributed by atoms with Crippen LogP contribution in [0.3, 0.4) is 0 Å². The van der Waals surface area contributed by atoms with Crippen molar-refractivity contribution in [3.63, 3.8) is 0 Å². The number of nitrogens with zero attached hydrogens (tertiary/aromatic N) is 1. The topological polar surface area (TPSA) is 41.6 Å². The summed E-state index contributed by atoms with van der Waals surface area (Å²) < 4.78 is 5.24. The van der Waals surface area contributed by atoms with Crippen molar-refractivity contribution in [2.45, 2.75) is 6.04 Å². The fraction of sp³-hybridized carbons (Fsp3) is 0.174. The number of carbonyl (C=O) groups excluding carboxylic acids is 1. The van der Waals surface area contributed by atoms with Gasteiger partial charge in [0.25, 0.3) is 0 Å². The lowest BCUT2D eigenvalue weighted by molar-refractivity contribution is -0.120. The van der Waals surface area contributed by atoms with E-state index in [-0.39, 0.29) is 18.5 Å². The van der Waals surface area contributed by atoms with E-state index in [1.807, 2.05) is 96.9 Å². The molecule has 0 heterocycles. The second kappa shape index (κ2) is 8.90. The third-order valence-electron chi connectivity index (χ3n) is 4.47. The third kappa shape index (κ3) is 4.88. The molecular weight excluding hydrogens is 336 g/mol. The lowest BCUT2D eigenvalue weighted by Gasteiger charge is -2.23. The van der Waals surface area contributed by atoms with Crippen LogP contribution in [0.15, 0.2) is 84.9 Å². The zero-order chi connectivity index (χ0) is 19.1. The number of benzene rings is 3. The van der Waals surface area contributed by atoms with Crippen molar-refractivity contribution < 1.29 is 9.53 Å². The fourth-order valence-corrected chi connectivity index (χ4v) is 3.00. The van der Waals surface area contributed by atoms with E-state index >= 15 is 0 Å². The average molecular weight is 360 g/mol. The number of methoxy groups -OCH3 is 1. The van der Waals surface area contributed by atoms with Crippen LogP contribution in [-0.4, -0.2) is 26.6 Å². The summed E-state index contributed by atoms with van der Waals surface area (Å²) in [6.07, 6.45) is 0. The smallest absolute Gasteiger partial charge is 0.240 e. The van der Waals surface area contributed by atoms with Crippen molar-refractivity contribution >= 4 is 11.6 Å². The number of carbonyl (C=O) groups is 1. The number of para-hydroxylation sites is 1. The highest BCUT2D eigenvalue weighted by Gasteiger charge is 2.18. The molecule has 0 unspecified atom stereocenters. The number of hydrogen-bond donors (Lipinski definition) is 1. The predicted octanol–water partition coefficient (Wildman–Crippen LogP) is 4.04. The van der Waals surface area contributed by atoms with E-state index < -0.39 is 0 Å². The summed E-state index contributed by atoms with van der Waals surface area (Å²) in [6.45, 7) is 0.281. The van der Waals surface area contributed by atoms with E-state index in [0.29, 0.717) is 0 Å². The Morgan fingerprint density at radius 2 is 1.44 bits per heavy atom. The van der Waals surface area contributed by atoms with Crippen LogP contribution in [0, 0.1) is 0 Å². The first-order valence-electron chi connectivity index (χ1n) is 8.92. The molecule has 0 aliphatic rings. The molecule has 0 saturated carbocycles. The van der Waals surface area contributed by atoms with Gasteiger partial charge in [-0.2, -0.15) is 0 Å². The van der Waals surface area contributed by atoms with E-state index in [2.05, 4.69) is 5.32 Å². The molecule has 0 aliphatic heterocycles. The first-order chi connectivity index (χ1) is 13.2. The van der Waals surface area contributed by atoms with Crippen LogP contribution >= 0.6 is 0 Å². The largest absolute Gasteiger partial charge is 0.497 e. The average Bonchev–Trinajstić information content (AvgIpc) is 2.73. The van der Waals surface area contributed by atoms with Crippen molar-refractivity contribution in [3.8, 4) is 5.75 Å².